The van der Waals surface area contributed by atoms with Crippen molar-refractivity contribution in [3.05, 3.63) is 65.9 Å². The largest absolute Gasteiger partial charge is 0.497 e. The molecule has 0 aliphatic rings. The number of aromatic amines is 1. The first-order valence-electron chi connectivity index (χ1n) is 8.01. The number of Topliss-reactive ketones (excluding diaryl/α,β-unsaturated/α-hetero) is 1. The Bertz CT molecular complexity index is 895. The van der Waals surface area contributed by atoms with Crippen LogP contribution in [0.1, 0.15) is 22.8 Å². The van der Waals surface area contributed by atoms with Gasteiger partial charge >= 0.3 is 5.97 Å². The number of H-pyrrole nitrogens is 1. The number of aromatic nitrogens is 1. The van der Waals surface area contributed by atoms with E-state index in [1.54, 1.807) is 44.5 Å². The number of ether oxygens (including phenoxy) is 2. The fraction of sp³-hybridized carbons (Fsp3) is 0.200. The molecule has 1 atom stereocenters. The first-order valence-corrected chi connectivity index (χ1v) is 8.01. The van der Waals surface area contributed by atoms with Gasteiger partial charge < -0.3 is 14.5 Å². The molecule has 0 fully saturated rings. The van der Waals surface area contributed by atoms with Gasteiger partial charge in [-0.2, -0.15) is 0 Å². The van der Waals surface area contributed by atoms with Crippen molar-refractivity contribution in [3.8, 4) is 5.75 Å². The van der Waals surface area contributed by atoms with Crippen LogP contribution in [0.25, 0.3) is 10.9 Å². The summed E-state index contributed by atoms with van der Waals surface area (Å²) in [5.74, 6) is -0.00502. The molecule has 1 heterocycles. The highest BCUT2D eigenvalue weighted by Crippen LogP contribution is 2.19. The van der Waals surface area contributed by atoms with E-state index in [1.165, 1.54) is 0 Å². The molecule has 1 aromatic heterocycles. The number of hydrogen-bond acceptors (Lipinski definition) is 4. The molecule has 2 aromatic carbocycles. The van der Waals surface area contributed by atoms with Gasteiger partial charge in [-0.3, -0.25) is 9.59 Å². The van der Waals surface area contributed by atoms with Crippen molar-refractivity contribution >= 4 is 22.7 Å². The van der Waals surface area contributed by atoms with Crippen LogP contribution >= 0.6 is 0 Å². The van der Waals surface area contributed by atoms with E-state index in [9.17, 15) is 9.59 Å². The summed E-state index contributed by atoms with van der Waals surface area (Å²) in [6, 6.07) is 14.5. The van der Waals surface area contributed by atoms with E-state index in [1.807, 2.05) is 24.3 Å². The van der Waals surface area contributed by atoms with E-state index in [4.69, 9.17) is 9.47 Å². The minimum absolute atomic E-state index is 0.115. The van der Waals surface area contributed by atoms with Crippen molar-refractivity contribution in [2.24, 2.45) is 0 Å². The van der Waals surface area contributed by atoms with Crippen molar-refractivity contribution in [2.45, 2.75) is 19.4 Å². The smallest absolute Gasteiger partial charge is 0.311 e. The lowest BCUT2D eigenvalue weighted by Gasteiger charge is -2.12. The van der Waals surface area contributed by atoms with Gasteiger partial charge in [0.2, 0.25) is 5.78 Å². The normalized spacial score (nSPS) is 11.9. The topological polar surface area (TPSA) is 68.4 Å². The summed E-state index contributed by atoms with van der Waals surface area (Å²) >= 11 is 0. The fourth-order valence-corrected chi connectivity index (χ4v) is 2.72. The van der Waals surface area contributed by atoms with Crippen LogP contribution in [0.4, 0.5) is 0 Å². The summed E-state index contributed by atoms with van der Waals surface area (Å²) < 4.78 is 10.4. The van der Waals surface area contributed by atoms with Crippen LogP contribution in [0.5, 0.6) is 5.75 Å². The van der Waals surface area contributed by atoms with Crippen molar-refractivity contribution in [1.29, 1.82) is 0 Å². The summed E-state index contributed by atoms with van der Waals surface area (Å²) in [6.45, 7) is 1.58. The van der Waals surface area contributed by atoms with Gasteiger partial charge in [0.25, 0.3) is 0 Å². The number of benzene rings is 2. The van der Waals surface area contributed by atoms with Gasteiger partial charge in [-0.05, 0) is 42.8 Å². The van der Waals surface area contributed by atoms with Crippen LogP contribution in [0.3, 0.4) is 0 Å². The number of para-hydroxylation sites is 1. The molecule has 0 amide bonds. The van der Waals surface area contributed by atoms with Gasteiger partial charge in [0.05, 0.1) is 13.5 Å². The van der Waals surface area contributed by atoms with Gasteiger partial charge in [-0.1, -0.05) is 18.2 Å². The van der Waals surface area contributed by atoms with Gasteiger partial charge in [0.1, 0.15) is 5.75 Å². The number of ketones is 1. The Labute approximate surface area is 145 Å². The van der Waals surface area contributed by atoms with Gasteiger partial charge in [-0.15, -0.1) is 0 Å². The van der Waals surface area contributed by atoms with Crippen molar-refractivity contribution < 1.29 is 19.1 Å². The lowest BCUT2D eigenvalue weighted by atomic mass is 10.1. The van der Waals surface area contributed by atoms with Crippen molar-refractivity contribution in [3.63, 3.8) is 0 Å². The van der Waals surface area contributed by atoms with Gasteiger partial charge in [-0.25, -0.2) is 0 Å². The second-order valence-electron chi connectivity index (χ2n) is 5.76. The highest BCUT2D eigenvalue weighted by atomic mass is 16.5. The minimum Gasteiger partial charge on any atom is -0.497 e. The average Bonchev–Trinajstić information content (AvgIpc) is 3.04. The third-order valence-corrected chi connectivity index (χ3v) is 4.06. The zero-order chi connectivity index (χ0) is 17.8. The first-order chi connectivity index (χ1) is 12.1. The molecular weight excluding hydrogens is 318 g/mol. The highest BCUT2D eigenvalue weighted by Gasteiger charge is 2.20. The Morgan fingerprint density at radius 3 is 2.52 bits per heavy atom. The molecule has 5 heteroatoms. The maximum absolute atomic E-state index is 12.4. The van der Waals surface area contributed by atoms with Crippen molar-refractivity contribution in [1.82, 2.24) is 4.98 Å². The summed E-state index contributed by atoms with van der Waals surface area (Å²) in [4.78, 5) is 27.7. The quantitative estimate of drug-likeness (QED) is 0.552. The Hall–Kier alpha value is -3.08. The van der Waals surface area contributed by atoms with Crippen molar-refractivity contribution in [2.75, 3.05) is 7.11 Å². The highest BCUT2D eigenvalue weighted by molar-refractivity contribution is 6.00. The van der Waals surface area contributed by atoms with E-state index >= 15 is 0 Å². The number of hydrogen-bond donors (Lipinski definition) is 1. The predicted molar refractivity (Wildman–Crippen MR) is 94.9 cm³/mol. The number of rotatable bonds is 6. The molecule has 3 aromatic rings. The van der Waals surface area contributed by atoms with E-state index in [0.717, 1.165) is 16.5 Å². The molecule has 3 rings (SSSR count). The van der Waals surface area contributed by atoms with Gasteiger partial charge in [0.15, 0.2) is 6.10 Å². The fourth-order valence-electron chi connectivity index (χ4n) is 2.72. The summed E-state index contributed by atoms with van der Waals surface area (Å²) in [6.07, 6.45) is 1.07. The van der Waals surface area contributed by atoms with Crippen LogP contribution in [-0.2, 0) is 16.0 Å². The zero-order valence-electron chi connectivity index (χ0n) is 14.1. The molecule has 0 radical (unpaired) electrons. The molecule has 0 unspecified atom stereocenters. The minimum atomic E-state index is -0.842. The molecule has 128 valence electrons. The Kier molecular flexibility index (Phi) is 4.84. The number of nitrogens with one attached hydrogen (secondary N) is 1. The van der Waals surface area contributed by atoms with Crippen LogP contribution in [0, 0.1) is 0 Å². The first kappa shape index (κ1) is 16.8. The standard InChI is InChI=1S/C20H19NO4/c1-13(20(23)14-7-9-16(24-2)10-8-14)25-19(22)11-15-12-21-18-6-4-3-5-17(15)18/h3-10,12-13,21H,11H2,1-2H3/t13-/m0/s1. The maximum Gasteiger partial charge on any atom is 0.311 e. The Morgan fingerprint density at radius 1 is 1.08 bits per heavy atom. The molecule has 5 nitrogen and oxygen atoms in total. The van der Waals surface area contributed by atoms with Gasteiger partial charge in [0, 0.05) is 22.7 Å². The molecular formula is C20H19NO4. The van der Waals surface area contributed by atoms with E-state index in [-0.39, 0.29) is 12.2 Å². The second-order valence-corrected chi connectivity index (χ2v) is 5.76. The molecule has 0 saturated heterocycles. The molecule has 1 N–H and O–H groups in total. The van der Waals surface area contributed by atoms with Crippen LogP contribution in [0.15, 0.2) is 54.7 Å². The monoisotopic (exact) mass is 337 g/mol. The number of carbonyl (C=O) groups excluding carboxylic acids is 2. The van der Waals surface area contributed by atoms with Crippen LogP contribution in [-0.4, -0.2) is 30.0 Å². The molecule has 0 saturated carbocycles. The molecule has 0 aliphatic carbocycles. The molecule has 0 aliphatic heterocycles. The van der Waals surface area contributed by atoms with E-state index in [2.05, 4.69) is 4.98 Å². The van der Waals surface area contributed by atoms with E-state index in [0.29, 0.717) is 11.3 Å². The summed E-state index contributed by atoms with van der Waals surface area (Å²) in [5, 5.41) is 0.980. The lowest BCUT2D eigenvalue weighted by molar-refractivity contribution is -0.145. The maximum atomic E-state index is 12.4. The molecule has 0 spiro atoms. The Balaban J connectivity index is 1.64. The third kappa shape index (κ3) is 3.71. The summed E-state index contributed by atoms with van der Waals surface area (Å²) in [5.41, 5.74) is 2.30. The zero-order valence-corrected chi connectivity index (χ0v) is 14.1. The third-order valence-electron chi connectivity index (χ3n) is 4.06. The van der Waals surface area contributed by atoms with Crippen LogP contribution < -0.4 is 4.74 Å². The summed E-state index contributed by atoms with van der Waals surface area (Å²) in [7, 11) is 1.56. The average molecular weight is 337 g/mol. The number of carbonyl (C=O) groups is 2. The number of methoxy groups -OCH3 is 1. The predicted octanol–water partition coefficient (Wildman–Crippen LogP) is 3.53. The number of esters is 1. The second kappa shape index (κ2) is 7.21. The van der Waals surface area contributed by atoms with Crippen LogP contribution in [0.2, 0.25) is 0 Å². The Morgan fingerprint density at radius 2 is 1.80 bits per heavy atom. The lowest BCUT2D eigenvalue weighted by Crippen LogP contribution is -2.25. The SMILES string of the molecule is COc1ccc(C(=O)[C@H](C)OC(=O)Cc2c[nH]c3ccccc23)cc1. The molecule has 0 bridgehead atoms. The molecule has 25 heavy (non-hydrogen) atoms. The number of fused-ring (bicyclic) bond motifs is 1. The van der Waals surface area contributed by atoms with E-state index < -0.39 is 12.1 Å².